The number of benzene rings is 1. The predicted molar refractivity (Wildman–Crippen MR) is 86.2 cm³/mol. The first-order chi connectivity index (χ1) is 9.63. The zero-order chi connectivity index (χ0) is 14.1. The zero-order valence-electron chi connectivity index (χ0n) is 10.9. The molecule has 0 saturated carbocycles. The summed E-state index contributed by atoms with van der Waals surface area (Å²) in [4.78, 5) is 2.68. The smallest absolute Gasteiger partial charge is 0.124 e. The minimum Gasteiger partial charge on any atom is -0.323 e. The van der Waals surface area contributed by atoms with Crippen LogP contribution in [0.25, 0.3) is 0 Å². The van der Waals surface area contributed by atoms with E-state index >= 15 is 0 Å². The first-order valence-corrected chi connectivity index (χ1v) is 8.87. The molecular formula is C15H15ClFNS2. The van der Waals surface area contributed by atoms with Gasteiger partial charge < -0.3 is 5.73 Å². The lowest BCUT2D eigenvalue weighted by molar-refractivity contribution is 0.626. The molecule has 0 saturated heterocycles. The Balaban J connectivity index is 1.78. The molecule has 106 valence electrons. The van der Waals surface area contributed by atoms with E-state index < -0.39 is 0 Å². The van der Waals surface area contributed by atoms with E-state index in [0.717, 1.165) is 17.7 Å². The lowest BCUT2D eigenvalue weighted by atomic mass is 10.0. The van der Waals surface area contributed by atoms with Crippen LogP contribution in [0.3, 0.4) is 0 Å². The van der Waals surface area contributed by atoms with Gasteiger partial charge in [-0.2, -0.15) is 11.8 Å². The second-order valence-corrected chi connectivity index (χ2v) is 7.63. The molecule has 1 aromatic carbocycles. The lowest BCUT2D eigenvalue weighted by Gasteiger charge is -2.11. The van der Waals surface area contributed by atoms with Crippen molar-refractivity contribution >= 4 is 34.7 Å². The van der Waals surface area contributed by atoms with E-state index in [1.54, 1.807) is 6.07 Å². The monoisotopic (exact) mass is 327 g/mol. The first-order valence-electron chi connectivity index (χ1n) is 6.52. The molecule has 0 aliphatic carbocycles. The minimum atomic E-state index is -0.309. The molecule has 2 N–H and O–H groups in total. The predicted octanol–water partition coefficient (Wildman–Crippen LogP) is 4.57. The van der Waals surface area contributed by atoms with Crippen molar-refractivity contribution in [2.75, 3.05) is 5.75 Å². The van der Waals surface area contributed by atoms with Crippen LogP contribution < -0.4 is 5.73 Å². The van der Waals surface area contributed by atoms with E-state index in [0.29, 0.717) is 11.4 Å². The zero-order valence-corrected chi connectivity index (χ0v) is 13.3. The van der Waals surface area contributed by atoms with Crippen molar-refractivity contribution in [3.63, 3.8) is 0 Å². The molecule has 0 radical (unpaired) electrons. The molecule has 1 unspecified atom stereocenters. The summed E-state index contributed by atoms with van der Waals surface area (Å²) < 4.78 is 13.0. The highest BCUT2D eigenvalue weighted by molar-refractivity contribution is 7.98. The molecule has 0 fully saturated rings. The maximum atomic E-state index is 13.0. The molecule has 2 aromatic rings. The Morgan fingerprint density at radius 2 is 2.20 bits per heavy atom. The molecule has 3 rings (SSSR count). The normalized spacial score (nSPS) is 15.9. The van der Waals surface area contributed by atoms with E-state index in [4.69, 9.17) is 17.3 Å². The van der Waals surface area contributed by atoms with Crippen molar-refractivity contribution in [3.05, 3.63) is 56.0 Å². The van der Waals surface area contributed by atoms with Gasteiger partial charge in [-0.3, -0.25) is 0 Å². The van der Waals surface area contributed by atoms with E-state index in [1.807, 2.05) is 23.1 Å². The lowest BCUT2D eigenvalue weighted by Crippen LogP contribution is -2.12. The highest BCUT2D eigenvalue weighted by Gasteiger charge is 2.18. The maximum Gasteiger partial charge on any atom is 0.124 e. The average Bonchev–Trinajstić information content (AvgIpc) is 2.86. The largest absolute Gasteiger partial charge is 0.323 e. The van der Waals surface area contributed by atoms with Crippen molar-refractivity contribution < 1.29 is 4.39 Å². The fraction of sp³-hybridized carbons (Fsp3) is 0.333. The Labute approximate surface area is 131 Å². The van der Waals surface area contributed by atoms with Crippen molar-refractivity contribution in [3.8, 4) is 0 Å². The summed E-state index contributed by atoms with van der Waals surface area (Å²) in [5.74, 6) is 1.98. The van der Waals surface area contributed by atoms with Gasteiger partial charge in [0.2, 0.25) is 0 Å². The van der Waals surface area contributed by atoms with Gasteiger partial charge in [0.1, 0.15) is 5.82 Å². The number of aryl methyl sites for hydroxylation is 1. The summed E-state index contributed by atoms with van der Waals surface area (Å²) in [5, 5.41) is 0.456. The highest BCUT2D eigenvalue weighted by atomic mass is 35.5. The van der Waals surface area contributed by atoms with Crippen LogP contribution in [0.4, 0.5) is 4.39 Å². The molecule has 2 heterocycles. The molecule has 1 nitrogen and oxygen atoms in total. The molecule has 1 aromatic heterocycles. The number of rotatable bonds is 3. The van der Waals surface area contributed by atoms with Crippen LogP contribution in [-0.4, -0.2) is 5.75 Å². The van der Waals surface area contributed by atoms with Gasteiger partial charge in [-0.15, -0.1) is 11.3 Å². The first kappa shape index (κ1) is 14.4. The third-order valence-electron chi connectivity index (χ3n) is 3.47. The highest BCUT2D eigenvalue weighted by Crippen LogP contribution is 2.35. The second-order valence-electron chi connectivity index (χ2n) is 4.95. The Morgan fingerprint density at radius 1 is 1.35 bits per heavy atom. The number of thiophene rings is 1. The van der Waals surface area contributed by atoms with Crippen LogP contribution >= 0.6 is 34.7 Å². The van der Waals surface area contributed by atoms with Crippen LogP contribution in [0.5, 0.6) is 0 Å². The Morgan fingerprint density at radius 3 is 2.95 bits per heavy atom. The minimum absolute atomic E-state index is 0.0708. The number of hydrogen-bond donors (Lipinski definition) is 1. The van der Waals surface area contributed by atoms with Crippen molar-refractivity contribution in [2.24, 2.45) is 5.73 Å². The number of halogens is 2. The van der Waals surface area contributed by atoms with Crippen molar-refractivity contribution in [1.82, 2.24) is 0 Å². The van der Waals surface area contributed by atoms with Crippen LogP contribution in [0, 0.1) is 5.82 Å². The second kappa shape index (κ2) is 6.06. The summed E-state index contributed by atoms with van der Waals surface area (Å²) >= 11 is 9.86. The van der Waals surface area contributed by atoms with Gasteiger partial charge in [0.25, 0.3) is 0 Å². The van der Waals surface area contributed by atoms with Crippen LogP contribution in [0.2, 0.25) is 5.02 Å². The van der Waals surface area contributed by atoms with Crippen LogP contribution in [0.1, 0.15) is 26.9 Å². The van der Waals surface area contributed by atoms with Gasteiger partial charge in [0, 0.05) is 26.6 Å². The van der Waals surface area contributed by atoms with E-state index in [2.05, 4.69) is 6.07 Å². The summed E-state index contributed by atoms with van der Waals surface area (Å²) in [5.41, 5.74) is 8.63. The molecule has 1 aliphatic rings. The summed E-state index contributed by atoms with van der Waals surface area (Å²) in [6.45, 7) is 0. The van der Waals surface area contributed by atoms with Gasteiger partial charge in [-0.05, 0) is 47.9 Å². The summed E-state index contributed by atoms with van der Waals surface area (Å²) in [7, 11) is 0. The Kier molecular flexibility index (Phi) is 4.36. The molecular weight excluding hydrogens is 313 g/mol. The molecule has 5 heteroatoms. The number of hydrogen-bond acceptors (Lipinski definition) is 3. The van der Waals surface area contributed by atoms with Gasteiger partial charge >= 0.3 is 0 Å². The van der Waals surface area contributed by atoms with Crippen molar-refractivity contribution in [2.45, 2.75) is 24.6 Å². The number of nitrogens with two attached hydrogens (primary N) is 1. The van der Waals surface area contributed by atoms with E-state index in [9.17, 15) is 4.39 Å². The van der Waals surface area contributed by atoms with Gasteiger partial charge in [0.05, 0.1) is 0 Å². The fourth-order valence-corrected chi connectivity index (χ4v) is 5.00. The fourth-order valence-electron chi connectivity index (χ4n) is 2.38. The number of thioether (sulfide) groups is 1. The summed E-state index contributed by atoms with van der Waals surface area (Å²) in [6, 6.07) is 6.66. The quantitative estimate of drug-likeness (QED) is 0.893. The Hall–Kier alpha value is -0.550. The summed E-state index contributed by atoms with van der Waals surface area (Å²) in [6.07, 6.45) is 1.79. The maximum absolute atomic E-state index is 13.0. The molecule has 0 bridgehead atoms. The van der Waals surface area contributed by atoms with Crippen LogP contribution in [0.15, 0.2) is 24.3 Å². The van der Waals surface area contributed by atoms with Crippen molar-refractivity contribution in [1.29, 1.82) is 0 Å². The topological polar surface area (TPSA) is 26.0 Å². The van der Waals surface area contributed by atoms with Gasteiger partial charge in [0.15, 0.2) is 0 Å². The molecule has 1 atom stereocenters. The van der Waals surface area contributed by atoms with Gasteiger partial charge in [-0.1, -0.05) is 17.7 Å². The Bertz CT molecular complexity index is 603. The standard InChI is InChI=1S/C15H15ClFNS2/c16-12-7-11(17)2-1-9(12)5-13(18)15-6-10-8-19-4-3-14(10)20-15/h1-2,6-7,13H,3-5,8,18H2. The molecule has 0 amide bonds. The molecule has 0 spiro atoms. The SMILES string of the molecule is NC(Cc1ccc(F)cc1Cl)c1cc2c(s1)CCSC2. The van der Waals surface area contributed by atoms with Crippen LogP contribution in [-0.2, 0) is 18.6 Å². The third kappa shape index (κ3) is 3.03. The van der Waals surface area contributed by atoms with Gasteiger partial charge in [-0.25, -0.2) is 4.39 Å². The van der Waals surface area contributed by atoms with E-state index in [-0.39, 0.29) is 11.9 Å². The molecule has 20 heavy (non-hydrogen) atoms. The molecule has 1 aliphatic heterocycles. The average molecular weight is 328 g/mol. The number of fused-ring (bicyclic) bond motifs is 1. The van der Waals surface area contributed by atoms with E-state index in [1.165, 1.54) is 33.2 Å². The third-order valence-corrected chi connectivity index (χ3v) is 6.20.